The molecule has 7 heteroatoms. The summed E-state index contributed by atoms with van der Waals surface area (Å²) in [4.78, 5) is 27.3. The minimum atomic E-state index is -1.16. The van der Waals surface area contributed by atoms with Crippen LogP contribution in [0.3, 0.4) is 0 Å². The number of nitrogens with zero attached hydrogens (tertiary/aromatic N) is 1. The summed E-state index contributed by atoms with van der Waals surface area (Å²) in [6.07, 6.45) is -0.0177. The van der Waals surface area contributed by atoms with Gasteiger partial charge >= 0.3 is 5.97 Å². The molecule has 1 amide bonds. The zero-order valence-corrected chi connectivity index (χ0v) is 12.0. The molecular weight excluding hydrogens is 292 g/mol. The van der Waals surface area contributed by atoms with E-state index in [4.69, 9.17) is 10.2 Å². The van der Waals surface area contributed by atoms with Crippen molar-refractivity contribution < 1.29 is 19.8 Å². The van der Waals surface area contributed by atoms with Gasteiger partial charge in [-0.3, -0.25) is 9.79 Å². The lowest BCUT2D eigenvalue weighted by molar-refractivity contribution is -0.142. The molecule has 0 aromatic heterocycles. The zero-order chi connectivity index (χ0) is 15.2. The number of carbonyl (C=O) groups is 2. The average Bonchev–Trinajstić information content (AvgIpc) is 2.97. The molecule has 0 fully saturated rings. The van der Waals surface area contributed by atoms with Crippen LogP contribution < -0.4 is 5.32 Å². The number of hydrogen-bond donors (Lipinski definition) is 3. The molecule has 6 nitrogen and oxygen atoms in total. The molecular formula is C14H16N2O4S. The van der Waals surface area contributed by atoms with Crippen LogP contribution in [0.15, 0.2) is 35.3 Å². The Bertz CT molecular complexity index is 547. The summed E-state index contributed by atoms with van der Waals surface area (Å²) in [5.41, 5.74) is 0.947. The van der Waals surface area contributed by atoms with Gasteiger partial charge in [-0.15, -0.1) is 11.8 Å². The molecule has 2 rings (SSSR count). The molecule has 1 aliphatic rings. The number of aliphatic hydroxyl groups is 1. The number of carboxylic acid groups (broad SMARTS) is 1. The van der Waals surface area contributed by atoms with E-state index in [9.17, 15) is 9.59 Å². The van der Waals surface area contributed by atoms with E-state index in [0.29, 0.717) is 5.75 Å². The highest BCUT2D eigenvalue weighted by Crippen LogP contribution is 2.23. The molecule has 0 bridgehead atoms. The minimum absolute atomic E-state index is 0.0177. The van der Waals surface area contributed by atoms with Gasteiger partial charge < -0.3 is 15.5 Å². The minimum Gasteiger partial charge on any atom is -0.480 e. The smallest absolute Gasteiger partial charge is 0.326 e. The molecule has 2 atom stereocenters. The third kappa shape index (κ3) is 4.05. The summed E-state index contributed by atoms with van der Waals surface area (Å²) in [5.74, 6) is -1.09. The van der Waals surface area contributed by atoms with Crippen LogP contribution in [0.4, 0.5) is 0 Å². The third-order valence-electron chi connectivity index (χ3n) is 3.01. The van der Waals surface area contributed by atoms with Gasteiger partial charge in [-0.2, -0.15) is 0 Å². The van der Waals surface area contributed by atoms with Crippen LogP contribution in [0.1, 0.15) is 12.0 Å². The predicted molar refractivity (Wildman–Crippen MR) is 80.5 cm³/mol. The Hall–Kier alpha value is -1.86. The Kier molecular flexibility index (Phi) is 5.35. The topological polar surface area (TPSA) is 99.0 Å². The first kappa shape index (κ1) is 15.5. The van der Waals surface area contributed by atoms with Gasteiger partial charge in [0.2, 0.25) is 5.91 Å². The van der Waals surface area contributed by atoms with E-state index in [1.54, 1.807) is 0 Å². The molecule has 1 aromatic carbocycles. The maximum absolute atomic E-state index is 12.0. The molecule has 0 spiro atoms. The van der Waals surface area contributed by atoms with Gasteiger partial charge in [0.15, 0.2) is 0 Å². The highest BCUT2D eigenvalue weighted by molar-refractivity contribution is 8.14. The molecule has 0 aliphatic carbocycles. The van der Waals surface area contributed by atoms with Crippen molar-refractivity contribution in [1.29, 1.82) is 0 Å². The van der Waals surface area contributed by atoms with E-state index >= 15 is 0 Å². The molecule has 0 saturated heterocycles. The number of benzene rings is 1. The van der Waals surface area contributed by atoms with Crippen molar-refractivity contribution in [1.82, 2.24) is 5.32 Å². The third-order valence-corrected chi connectivity index (χ3v) is 4.10. The summed E-state index contributed by atoms with van der Waals surface area (Å²) in [6.45, 7) is -0.296. The van der Waals surface area contributed by atoms with Gasteiger partial charge in [-0.1, -0.05) is 30.3 Å². The first-order valence-electron chi connectivity index (χ1n) is 6.52. The number of aliphatic hydroxyl groups excluding tert-OH is 1. The van der Waals surface area contributed by atoms with Crippen LogP contribution in [0, 0.1) is 0 Å². The Balaban J connectivity index is 2.01. The highest BCUT2D eigenvalue weighted by atomic mass is 32.2. The Morgan fingerprint density at radius 2 is 2.10 bits per heavy atom. The number of hydrogen-bond acceptors (Lipinski definition) is 5. The van der Waals surface area contributed by atoms with Crippen molar-refractivity contribution in [3.05, 3.63) is 35.9 Å². The van der Waals surface area contributed by atoms with Crippen LogP contribution in [-0.4, -0.2) is 51.6 Å². The lowest BCUT2D eigenvalue weighted by atomic mass is 10.2. The molecule has 0 saturated carbocycles. The molecule has 0 radical (unpaired) electrons. The SMILES string of the molecule is O=C(NC(CCO)C(=O)O)C1CSC(c2ccccc2)=N1. The number of aliphatic imine (C=N–C) groups is 1. The Labute approximate surface area is 126 Å². The maximum Gasteiger partial charge on any atom is 0.326 e. The summed E-state index contributed by atoms with van der Waals surface area (Å²) in [6, 6.07) is 7.85. The second-order valence-corrected chi connectivity index (χ2v) is 5.55. The van der Waals surface area contributed by atoms with E-state index in [1.165, 1.54) is 11.8 Å². The normalized spacial score (nSPS) is 18.9. The van der Waals surface area contributed by atoms with Gasteiger partial charge in [0, 0.05) is 24.3 Å². The quantitative estimate of drug-likeness (QED) is 0.711. The maximum atomic E-state index is 12.0. The van der Waals surface area contributed by atoms with Crippen molar-refractivity contribution in [2.24, 2.45) is 4.99 Å². The van der Waals surface area contributed by atoms with Gasteiger partial charge in [-0.05, 0) is 0 Å². The second-order valence-electron chi connectivity index (χ2n) is 4.54. The van der Waals surface area contributed by atoms with Crippen molar-refractivity contribution in [2.75, 3.05) is 12.4 Å². The standard InChI is InChI=1S/C14H16N2O4S/c17-7-6-10(14(19)20)15-12(18)11-8-21-13(16-11)9-4-2-1-3-5-9/h1-5,10-11,17H,6-8H2,(H,15,18)(H,19,20). The molecule has 21 heavy (non-hydrogen) atoms. The van der Waals surface area contributed by atoms with Crippen molar-refractivity contribution in [2.45, 2.75) is 18.5 Å². The van der Waals surface area contributed by atoms with E-state index in [0.717, 1.165) is 10.6 Å². The number of aliphatic carboxylic acids is 1. The number of thioether (sulfide) groups is 1. The molecule has 1 aliphatic heterocycles. The van der Waals surface area contributed by atoms with Crippen LogP contribution in [-0.2, 0) is 9.59 Å². The molecule has 2 unspecified atom stereocenters. The van der Waals surface area contributed by atoms with Crippen LogP contribution in [0.2, 0.25) is 0 Å². The fraction of sp³-hybridized carbons (Fsp3) is 0.357. The average molecular weight is 308 g/mol. The lowest BCUT2D eigenvalue weighted by Crippen LogP contribution is -2.45. The van der Waals surface area contributed by atoms with Crippen LogP contribution in [0.25, 0.3) is 0 Å². The lowest BCUT2D eigenvalue weighted by Gasteiger charge is -2.14. The number of amides is 1. The zero-order valence-electron chi connectivity index (χ0n) is 11.2. The van der Waals surface area contributed by atoms with E-state index in [1.807, 2.05) is 30.3 Å². The monoisotopic (exact) mass is 308 g/mol. The first-order valence-corrected chi connectivity index (χ1v) is 7.50. The largest absolute Gasteiger partial charge is 0.480 e. The Morgan fingerprint density at radius 3 is 2.71 bits per heavy atom. The molecule has 1 heterocycles. The highest BCUT2D eigenvalue weighted by Gasteiger charge is 2.29. The number of nitrogens with one attached hydrogen (secondary N) is 1. The summed E-state index contributed by atoms with van der Waals surface area (Å²) in [7, 11) is 0. The van der Waals surface area contributed by atoms with Crippen molar-refractivity contribution >= 4 is 28.7 Å². The first-order chi connectivity index (χ1) is 10.1. The summed E-state index contributed by atoms with van der Waals surface area (Å²) >= 11 is 1.47. The van der Waals surface area contributed by atoms with Gasteiger partial charge in [0.05, 0.1) is 5.04 Å². The number of carbonyl (C=O) groups excluding carboxylic acids is 1. The predicted octanol–water partition coefficient (Wildman–Crippen LogP) is 0.500. The van der Waals surface area contributed by atoms with Crippen molar-refractivity contribution in [3.63, 3.8) is 0 Å². The van der Waals surface area contributed by atoms with Gasteiger partial charge in [0.1, 0.15) is 12.1 Å². The summed E-state index contributed by atoms with van der Waals surface area (Å²) < 4.78 is 0. The van der Waals surface area contributed by atoms with E-state index < -0.39 is 24.0 Å². The van der Waals surface area contributed by atoms with Gasteiger partial charge in [-0.25, -0.2) is 4.79 Å². The summed E-state index contributed by atoms with van der Waals surface area (Å²) in [5, 5.41) is 21.0. The Morgan fingerprint density at radius 1 is 1.38 bits per heavy atom. The van der Waals surface area contributed by atoms with E-state index in [-0.39, 0.29) is 13.0 Å². The fourth-order valence-corrected chi connectivity index (χ4v) is 2.95. The number of carboxylic acids is 1. The molecule has 1 aromatic rings. The van der Waals surface area contributed by atoms with Crippen LogP contribution in [0.5, 0.6) is 0 Å². The molecule has 3 N–H and O–H groups in total. The van der Waals surface area contributed by atoms with Crippen molar-refractivity contribution in [3.8, 4) is 0 Å². The number of rotatable bonds is 6. The van der Waals surface area contributed by atoms with E-state index in [2.05, 4.69) is 10.3 Å². The molecule has 112 valence electrons. The van der Waals surface area contributed by atoms with Crippen LogP contribution >= 0.6 is 11.8 Å². The van der Waals surface area contributed by atoms with Gasteiger partial charge in [0.25, 0.3) is 0 Å². The fourth-order valence-electron chi connectivity index (χ4n) is 1.90. The second kappa shape index (κ2) is 7.24.